The van der Waals surface area contributed by atoms with E-state index in [1.807, 2.05) is 63.2 Å². The Balaban J connectivity index is 1.78. The van der Waals surface area contributed by atoms with Gasteiger partial charge in [-0.25, -0.2) is 4.98 Å². The van der Waals surface area contributed by atoms with Crippen LogP contribution in [0.4, 0.5) is 5.69 Å². The molecule has 1 aromatic heterocycles. The molecule has 2 aromatic rings. The van der Waals surface area contributed by atoms with Crippen molar-refractivity contribution in [3.05, 3.63) is 54.2 Å². The van der Waals surface area contributed by atoms with Crippen molar-refractivity contribution < 1.29 is 4.79 Å². The second kappa shape index (κ2) is 8.02. The van der Waals surface area contributed by atoms with Gasteiger partial charge in [0.25, 0.3) is 0 Å². The van der Waals surface area contributed by atoms with Crippen LogP contribution in [0.3, 0.4) is 0 Å². The van der Waals surface area contributed by atoms with Crippen LogP contribution < -0.4 is 10.6 Å². The molecule has 0 aliphatic rings. The highest BCUT2D eigenvalue weighted by Gasteiger charge is 2.26. The molecule has 0 spiro atoms. The smallest absolute Gasteiger partial charge is 0.245 e. The van der Waals surface area contributed by atoms with Crippen molar-refractivity contribution in [3.8, 4) is 0 Å². The number of rotatable bonds is 7. The number of benzene rings is 1. The summed E-state index contributed by atoms with van der Waals surface area (Å²) < 4.78 is 0. The van der Waals surface area contributed by atoms with E-state index in [9.17, 15) is 4.79 Å². The number of carbonyl (C=O) groups excluding carboxylic acids is 1. The van der Waals surface area contributed by atoms with Crippen LogP contribution in [0.15, 0.2) is 53.7 Å². The molecule has 0 radical (unpaired) electrons. The lowest BCUT2D eigenvalue weighted by molar-refractivity contribution is -0.124. The van der Waals surface area contributed by atoms with Gasteiger partial charge in [-0.3, -0.25) is 4.79 Å². The molecule has 0 aliphatic carbocycles. The monoisotopic (exact) mass is 329 g/mol. The van der Waals surface area contributed by atoms with Gasteiger partial charge in [0.2, 0.25) is 5.91 Å². The zero-order chi connectivity index (χ0) is 16.7. The first-order valence-electron chi connectivity index (χ1n) is 7.64. The Morgan fingerprint density at radius 3 is 2.57 bits per heavy atom. The number of nitrogens with one attached hydrogen (secondary N) is 2. The molecule has 0 atom stereocenters. The second-order valence-corrected chi connectivity index (χ2v) is 7.00. The van der Waals surface area contributed by atoms with Crippen molar-refractivity contribution >= 4 is 23.4 Å². The molecule has 0 saturated heterocycles. The van der Waals surface area contributed by atoms with Crippen molar-refractivity contribution in [2.24, 2.45) is 0 Å². The van der Waals surface area contributed by atoms with Gasteiger partial charge in [-0.1, -0.05) is 23.8 Å². The van der Waals surface area contributed by atoms with Crippen molar-refractivity contribution in [1.82, 2.24) is 10.3 Å². The number of thioether (sulfide) groups is 1. The maximum absolute atomic E-state index is 12.3. The minimum atomic E-state index is -0.662. The SMILES string of the molecule is Cc1ccc(NC(C)(C)C(=O)NCCSc2ccccn2)cc1. The molecule has 23 heavy (non-hydrogen) atoms. The van der Waals surface area contributed by atoms with E-state index in [-0.39, 0.29) is 5.91 Å². The first-order chi connectivity index (χ1) is 11.0. The Bertz CT molecular complexity index is 626. The average molecular weight is 329 g/mol. The van der Waals surface area contributed by atoms with Gasteiger partial charge in [-0.2, -0.15) is 0 Å². The first kappa shape index (κ1) is 17.3. The number of aryl methyl sites for hydroxylation is 1. The Morgan fingerprint density at radius 1 is 1.17 bits per heavy atom. The normalized spacial score (nSPS) is 11.1. The standard InChI is InChI=1S/C18H23N3OS/c1-14-7-9-15(10-8-14)21-18(2,3)17(22)20-12-13-23-16-6-4-5-11-19-16/h4-11,21H,12-13H2,1-3H3,(H,20,22). The van der Waals surface area contributed by atoms with Gasteiger partial charge in [0.15, 0.2) is 0 Å². The third-order valence-electron chi connectivity index (χ3n) is 3.35. The Hall–Kier alpha value is -2.01. The Labute approximate surface area is 142 Å². The molecular formula is C18H23N3OS. The molecule has 0 unspecified atom stereocenters. The van der Waals surface area contributed by atoms with Crippen molar-refractivity contribution in [2.45, 2.75) is 31.3 Å². The van der Waals surface area contributed by atoms with Crippen LogP contribution in [-0.2, 0) is 4.79 Å². The summed E-state index contributed by atoms with van der Waals surface area (Å²) in [5.41, 5.74) is 1.48. The molecule has 2 N–H and O–H groups in total. The van der Waals surface area contributed by atoms with E-state index in [0.717, 1.165) is 16.5 Å². The van der Waals surface area contributed by atoms with E-state index in [4.69, 9.17) is 0 Å². The van der Waals surface area contributed by atoms with E-state index in [1.165, 1.54) is 5.56 Å². The zero-order valence-corrected chi connectivity index (χ0v) is 14.6. The fourth-order valence-corrected chi connectivity index (χ4v) is 2.75. The molecular weight excluding hydrogens is 306 g/mol. The third kappa shape index (κ3) is 5.60. The molecule has 1 aromatic carbocycles. The number of anilines is 1. The highest BCUT2D eigenvalue weighted by molar-refractivity contribution is 7.99. The summed E-state index contributed by atoms with van der Waals surface area (Å²) in [6.07, 6.45) is 1.77. The lowest BCUT2D eigenvalue weighted by atomic mass is 10.0. The van der Waals surface area contributed by atoms with E-state index in [0.29, 0.717) is 6.54 Å². The fraction of sp³-hybridized carbons (Fsp3) is 0.333. The van der Waals surface area contributed by atoms with Gasteiger partial charge >= 0.3 is 0 Å². The number of aromatic nitrogens is 1. The van der Waals surface area contributed by atoms with Crippen molar-refractivity contribution in [3.63, 3.8) is 0 Å². The number of hydrogen-bond acceptors (Lipinski definition) is 4. The zero-order valence-electron chi connectivity index (χ0n) is 13.8. The molecule has 1 heterocycles. The molecule has 122 valence electrons. The van der Waals surface area contributed by atoms with Crippen LogP contribution >= 0.6 is 11.8 Å². The van der Waals surface area contributed by atoms with Crippen LogP contribution in [0, 0.1) is 6.92 Å². The number of nitrogens with zero attached hydrogens (tertiary/aromatic N) is 1. The molecule has 0 bridgehead atoms. The van der Waals surface area contributed by atoms with Gasteiger partial charge in [-0.15, -0.1) is 11.8 Å². The summed E-state index contributed by atoms with van der Waals surface area (Å²) in [5, 5.41) is 7.22. The minimum Gasteiger partial charge on any atom is -0.372 e. The van der Waals surface area contributed by atoms with Gasteiger partial charge in [-0.05, 0) is 45.0 Å². The van der Waals surface area contributed by atoms with E-state index in [1.54, 1.807) is 18.0 Å². The summed E-state index contributed by atoms with van der Waals surface area (Å²) in [6, 6.07) is 13.9. The molecule has 1 amide bonds. The van der Waals surface area contributed by atoms with Gasteiger partial charge in [0.1, 0.15) is 5.54 Å². The maximum atomic E-state index is 12.3. The summed E-state index contributed by atoms with van der Waals surface area (Å²) in [7, 11) is 0. The number of pyridine rings is 1. The second-order valence-electron chi connectivity index (χ2n) is 5.89. The Morgan fingerprint density at radius 2 is 1.91 bits per heavy atom. The summed E-state index contributed by atoms with van der Waals surface area (Å²) in [4.78, 5) is 16.6. The Kier molecular flexibility index (Phi) is 6.04. The van der Waals surface area contributed by atoms with Crippen LogP contribution in [0.25, 0.3) is 0 Å². The average Bonchev–Trinajstić information content (AvgIpc) is 2.54. The molecule has 5 heteroatoms. The molecule has 2 rings (SSSR count). The number of amides is 1. The van der Waals surface area contributed by atoms with Gasteiger partial charge < -0.3 is 10.6 Å². The number of hydrogen-bond donors (Lipinski definition) is 2. The highest BCUT2D eigenvalue weighted by atomic mass is 32.2. The van der Waals surface area contributed by atoms with Crippen molar-refractivity contribution in [2.75, 3.05) is 17.6 Å². The number of carbonyl (C=O) groups is 1. The van der Waals surface area contributed by atoms with Crippen LogP contribution in [-0.4, -0.2) is 28.7 Å². The van der Waals surface area contributed by atoms with E-state index < -0.39 is 5.54 Å². The topological polar surface area (TPSA) is 54.0 Å². The summed E-state index contributed by atoms with van der Waals surface area (Å²) in [6.45, 7) is 6.42. The molecule has 4 nitrogen and oxygen atoms in total. The molecule has 0 fully saturated rings. The van der Waals surface area contributed by atoms with E-state index >= 15 is 0 Å². The maximum Gasteiger partial charge on any atom is 0.245 e. The molecule has 0 aliphatic heterocycles. The fourth-order valence-electron chi connectivity index (χ4n) is 2.03. The predicted octanol–water partition coefficient (Wildman–Crippen LogP) is 3.49. The largest absolute Gasteiger partial charge is 0.372 e. The predicted molar refractivity (Wildman–Crippen MR) is 96.9 cm³/mol. The lowest BCUT2D eigenvalue weighted by Gasteiger charge is -2.26. The summed E-state index contributed by atoms with van der Waals surface area (Å²) in [5.74, 6) is 0.781. The van der Waals surface area contributed by atoms with Gasteiger partial charge in [0.05, 0.1) is 5.03 Å². The van der Waals surface area contributed by atoms with Crippen LogP contribution in [0.2, 0.25) is 0 Å². The van der Waals surface area contributed by atoms with Crippen molar-refractivity contribution in [1.29, 1.82) is 0 Å². The van der Waals surface area contributed by atoms with Gasteiger partial charge in [0, 0.05) is 24.2 Å². The van der Waals surface area contributed by atoms with E-state index in [2.05, 4.69) is 15.6 Å². The first-order valence-corrected chi connectivity index (χ1v) is 8.63. The highest BCUT2D eigenvalue weighted by Crippen LogP contribution is 2.16. The van der Waals surface area contributed by atoms with Crippen LogP contribution in [0.5, 0.6) is 0 Å². The van der Waals surface area contributed by atoms with Crippen LogP contribution in [0.1, 0.15) is 19.4 Å². The lowest BCUT2D eigenvalue weighted by Crippen LogP contribution is -2.48. The molecule has 0 saturated carbocycles. The summed E-state index contributed by atoms with van der Waals surface area (Å²) >= 11 is 1.63. The quantitative estimate of drug-likeness (QED) is 0.603. The minimum absolute atomic E-state index is 0.0142. The third-order valence-corrected chi connectivity index (χ3v) is 4.30.